The average molecular weight is 176 g/mol. The first-order valence-corrected chi connectivity index (χ1v) is 3.89. The first-order valence-electron chi connectivity index (χ1n) is 3.89. The molecule has 1 aromatic rings. The van der Waals surface area contributed by atoms with Crippen LogP contribution in [0.1, 0.15) is 5.56 Å². The standard InChI is InChI=1S/C10H10NO2/c1-11-7-10(12)13-8-9-5-3-2-4-6-9/h1-6H,7-8H2/q+1. The summed E-state index contributed by atoms with van der Waals surface area (Å²) in [5.41, 5.74) is 0.952. The molecular weight excluding hydrogens is 166 g/mol. The molecule has 66 valence electrons. The van der Waals surface area contributed by atoms with Gasteiger partial charge in [-0.15, -0.1) is 0 Å². The lowest BCUT2D eigenvalue weighted by Gasteiger charge is -1.99. The number of carbonyl (C=O) groups is 1. The third-order valence-corrected chi connectivity index (χ3v) is 1.46. The van der Waals surface area contributed by atoms with E-state index in [1.54, 1.807) is 0 Å². The fourth-order valence-corrected chi connectivity index (χ4v) is 0.858. The summed E-state index contributed by atoms with van der Waals surface area (Å²) >= 11 is 0. The molecule has 0 aromatic heterocycles. The third-order valence-electron chi connectivity index (χ3n) is 1.46. The second-order valence-electron chi connectivity index (χ2n) is 2.49. The topological polar surface area (TPSA) is 30.7 Å². The maximum absolute atomic E-state index is 10.8. The fourth-order valence-electron chi connectivity index (χ4n) is 0.858. The molecule has 0 spiro atoms. The predicted molar refractivity (Wildman–Crippen MR) is 49.4 cm³/mol. The van der Waals surface area contributed by atoms with Gasteiger partial charge in [0, 0.05) is 0 Å². The maximum Gasteiger partial charge on any atom is 0.392 e. The van der Waals surface area contributed by atoms with Gasteiger partial charge < -0.3 is 4.74 Å². The summed E-state index contributed by atoms with van der Waals surface area (Å²) in [6.07, 6.45) is 0. The molecule has 13 heavy (non-hydrogen) atoms. The Kier molecular flexibility index (Phi) is 3.52. The first kappa shape index (κ1) is 9.27. The number of rotatable bonds is 3. The Hall–Kier alpha value is -1.82. The molecule has 0 fully saturated rings. The highest BCUT2D eigenvalue weighted by Gasteiger charge is 2.06. The van der Waals surface area contributed by atoms with Gasteiger partial charge in [0.1, 0.15) is 6.61 Å². The van der Waals surface area contributed by atoms with E-state index in [0.717, 1.165) is 5.56 Å². The Bertz CT molecular complexity index is 313. The van der Waals surface area contributed by atoms with Crippen LogP contribution in [0.2, 0.25) is 0 Å². The van der Waals surface area contributed by atoms with Crippen molar-refractivity contribution in [3.8, 4) is 6.57 Å². The zero-order chi connectivity index (χ0) is 9.52. The van der Waals surface area contributed by atoms with Crippen molar-refractivity contribution in [1.82, 2.24) is 0 Å². The number of carbonyl (C=O) groups excluding carboxylic acids is 1. The van der Waals surface area contributed by atoms with Crippen molar-refractivity contribution in [2.45, 2.75) is 6.61 Å². The van der Waals surface area contributed by atoms with Crippen molar-refractivity contribution in [3.05, 3.63) is 40.7 Å². The molecule has 0 saturated carbocycles. The van der Waals surface area contributed by atoms with Crippen LogP contribution < -0.4 is 0 Å². The zero-order valence-electron chi connectivity index (χ0n) is 7.14. The van der Waals surface area contributed by atoms with Crippen LogP contribution in [0.25, 0.3) is 4.85 Å². The third kappa shape index (κ3) is 3.39. The van der Waals surface area contributed by atoms with Gasteiger partial charge in [-0.25, -0.2) is 4.79 Å². The Labute approximate surface area is 76.8 Å². The molecule has 0 atom stereocenters. The average Bonchev–Trinajstić information content (AvgIpc) is 2.17. The van der Waals surface area contributed by atoms with Crippen molar-refractivity contribution in [1.29, 1.82) is 0 Å². The zero-order valence-corrected chi connectivity index (χ0v) is 7.14. The second kappa shape index (κ2) is 4.94. The maximum atomic E-state index is 10.8. The normalized spacial score (nSPS) is 8.85. The summed E-state index contributed by atoms with van der Waals surface area (Å²) < 4.78 is 4.86. The minimum absolute atomic E-state index is 0.0904. The van der Waals surface area contributed by atoms with E-state index in [0.29, 0.717) is 0 Å². The number of esters is 1. The van der Waals surface area contributed by atoms with Gasteiger partial charge in [-0.05, 0) is 5.56 Å². The number of hydrogen-bond acceptors (Lipinski definition) is 2. The Morgan fingerprint density at radius 3 is 2.69 bits per heavy atom. The molecule has 0 radical (unpaired) electrons. The molecule has 3 heteroatoms. The van der Waals surface area contributed by atoms with Gasteiger partial charge in [-0.3, -0.25) is 0 Å². The van der Waals surface area contributed by atoms with E-state index >= 15 is 0 Å². The summed E-state index contributed by atoms with van der Waals surface area (Å²) in [6, 6.07) is 9.44. The summed E-state index contributed by atoms with van der Waals surface area (Å²) in [7, 11) is 0. The lowest BCUT2D eigenvalue weighted by molar-refractivity contribution is -0.142. The van der Waals surface area contributed by atoms with Crippen LogP contribution in [0.5, 0.6) is 0 Å². The van der Waals surface area contributed by atoms with E-state index in [1.165, 1.54) is 0 Å². The molecule has 0 amide bonds. The molecular formula is C10H10NO2+. The quantitative estimate of drug-likeness (QED) is 0.656. The fraction of sp³-hybridized carbons (Fsp3) is 0.200. The summed E-state index contributed by atoms with van der Waals surface area (Å²) in [5, 5.41) is 0. The lowest BCUT2D eigenvalue weighted by Crippen LogP contribution is -2.06. The summed E-state index contributed by atoms with van der Waals surface area (Å²) in [5.74, 6) is -0.411. The van der Waals surface area contributed by atoms with Gasteiger partial charge in [-0.2, -0.15) is 0 Å². The monoisotopic (exact) mass is 176 g/mol. The molecule has 0 aliphatic carbocycles. The van der Waals surface area contributed by atoms with Crippen LogP contribution in [-0.4, -0.2) is 12.5 Å². The highest BCUT2D eigenvalue weighted by atomic mass is 16.5. The number of benzene rings is 1. The van der Waals surface area contributed by atoms with E-state index in [4.69, 9.17) is 11.3 Å². The van der Waals surface area contributed by atoms with E-state index in [9.17, 15) is 4.79 Å². The minimum atomic E-state index is -0.411. The highest BCUT2D eigenvalue weighted by Crippen LogP contribution is 2.00. The highest BCUT2D eigenvalue weighted by molar-refractivity contribution is 5.73. The van der Waals surface area contributed by atoms with Crippen LogP contribution in [0.3, 0.4) is 0 Å². The van der Waals surface area contributed by atoms with Crippen molar-refractivity contribution >= 4 is 5.97 Å². The predicted octanol–water partition coefficient (Wildman–Crippen LogP) is 1.69. The molecule has 0 unspecified atom stereocenters. The van der Waals surface area contributed by atoms with Crippen LogP contribution in [0.15, 0.2) is 30.3 Å². The Morgan fingerprint density at radius 1 is 1.38 bits per heavy atom. The van der Waals surface area contributed by atoms with E-state index in [1.807, 2.05) is 30.3 Å². The number of ether oxygens (including phenoxy) is 1. The van der Waals surface area contributed by atoms with Crippen LogP contribution in [-0.2, 0) is 16.1 Å². The van der Waals surface area contributed by atoms with Gasteiger partial charge in [0.2, 0.25) is 0 Å². The first-order chi connectivity index (χ1) is 6.33. The molecule has 3 nitrogen and oxygen atoms in total. The summed E-state index contributed by atoms with van der Waals surface area (Å²) in [4.78, 5) is 14.0. The summed E-state index contributed by atoms with van der Waals surface area (Å²) in [6.45, 7) is 5.01. The van der Waals surface area contributed by atoms with Crippen molar-refractivity contribution in [2.75, 3.05) is 6.54 Å². The minimum Gasteiger partial charge on any atom is -0.455 e. The number of hydrogen-bond donors (Lipinski definition) is 0. The molecule has 0 heterocycles. The molecule has 1 rings (SSSR count). The van der Waals surface area contributed by atoms with Gasteiger partial charge in [0.15, 0.2) is 0 Å². The van der Waals surface area contributed by atoms with Crippen molar-refractivity contribution < 1.29 is 9.53 Å². The van der Waals surface area contributed by atoms with E-state index in [2.05, 4.69) is 4.85 Å². The molecule has 0 N–H and O–H groups in total. The smallest absolute Gasteiger partial charge is 0.392 e. The lowest BCUT2D eigenvalue weighted by atomic mass is 10.2. The van der Waals surface area contributed by atoms with E-state index in [-0.39, 0.29) is 13.2 Å². The Balaban J connectivity index is 2.36. The van der Waals surface area contributed by atoms with Crippen LogP contribution >= 0.6 is 0 Å². The van der Waals surface area contributed by atoms with Gasteiger partial charge in [0.25, 0.3) is 6.57 Å². The van der Waals surface area contributed by atoms with E-state index < -0.39 is 5.97 Å². The molecule has 1 aromatic carbocycles. The van der Waals surface area contributed by atoms with Gasteiger partial charge in [-0.1, -0.05) is 35.2 Å². The largest absolute Gasteiger partial charge is 0.455 e. The second-order valence-corrected chi connectivity index (χ2v) is 2.49. The van der Waals surface area contributed by atoms with Crippen molar-refractivity contribution in [2.24, 2.45) is 0 Å². The number of nitrogens with zero attached hydrogens (tertiary/aromatic N) is 1. The SMILES string of the molecule is C#[N+]CC(=O)OCc1ccccc1. The van der Waals surface area contributed by atoms with Crippen LogP contribution in [0, 0.1) is 6.57 Å². The van der Waals surface area contributed by atoms with Crippen molar-refractivity contribution in [3.63, 3.8) is 0 Å². The Morgan fingerprint density at radius 2 is 2.08 bits per heavy atom. The van der Waals surface area contributed by atoms with Gasteiger partial charge in [0.05, 0.1) is 0 Å². The molecule has 0 aliphatic rings. The van der Waals surface area contributed by atoms with Gasteiger partial charge >= 0.3 is 12.5 Å². The molecule has 0 saturated heterocycles. The van der Waals surface area contributed by atoms with Crippen LogP contribution in [0.4, 0.5) is 0 Å². The molecule has 0 bridgehead atoms. The molecule has 0 aliphatic heterocycles.